The summed E-state index contributed by atoms with van der Waals surface area (Å²) in [4.78, 5) is 0. The molecule has 2 nitrogen and oxygen atoms in total. The van der Waals surface area contributed by atoms with Gasteiger partial charge in [0.15, 0.2) is 5.58 Å². The third kappa shape index (κ3) is 2.86. The Balaban J connectivity index is 2.00. The van der Waals surface area contributed by atoms with E-state index in [2.05, 4.69) is 73.6 Å². The zero-order valence-electron chi connectivity index (χ0n) is 12.9. The molecule has 0 N–H and O–H groups in total. The topological polar surface area (TPSA) is 26.0 Å². The van der Waals surface area contributed by atoms with Crippen LogP contribution in [0.3, 0.4) is 0 Å². The first-order valence-electron chi connectivity index (χ1n) is 7.57. The summed E-state index contributed by atoms with van der Waals surface area (Å²) in [5, 5.41) is 4.87. The van der Waals surface area contributed by atoms with E-state index in [1.807, 2.05) is 6.07 Å². The van der Waals surface area contributed by atoms with Gasteiger partial charge in [-0.05, 0) is 47.7 Å². The number of fused-ring (bicyclic) bond motifs is 1. The average Bonchev–Trinajstić information content (AvgIpc) is 3.00. The lowest BCUT2D eigenvalue weighted by Crippen LogP contribution is -1.87. The van der Waals surface area contributed by atoms with Crippen molar-refractivity contribution in [3.05, 3.63) is 72.0 Å². The summed E-state index contributed by atoms with van der Waals surface area (Å²) in [7, 11) is 0. The average molecular weight is 289 g/mol. The number of hydrogen-bond acceptors (Lipinski definition) is 2. The van der Waals surface area contributed by atoms with Gasteiger partial charge in [0.05, 0.1) is 6.20 Å². The number of benzene rings is 2. The fourth-order valence-electron chi connectivity index (χ4n) is 2.55. The molecule has 3 rings (SSSR count). The highest BCUT2D eigenvalue weighted by Gasteiger charge is 2.07. The molecule has 0 spiro atoms. The molecule has 0 aliphatic rings. The second kappa shape index (κ2) is 6.44. The molecule has 2 heteroatoms. The summed E-state index contributed by atoms with van der Waals surface area (Å²) in [6.07, 6.45) is 11.3. The maximum absolute atomic E-state index is 5.27. The SMILES string of the molecule is CC/C=C/C=C/c1cccc(-c2ccc3cnoc3c2)c1C. The van der Waals surface area contributed by atoms with Gasteiger partial charge in [0.2, 0.25) is 0 Å². The summed E-state index contributed by atoms with van der Waals surface area (Å²) >= 11 is 0. The molecule has 0 aliphatic carbocycles. The van der Waals surface area contributed by atoms with Gasteiger partial charge in [0, 0.05) is 5.39 Å². The van der Waals surface area contributed by atoms with Gasteiger partial charge in [0.25, 0.3) is 0 Å². The molecule has 22 heavy (non-hydrogen) atoms. The van der Waals surface area contributed by atoms with Crippen LogP contribution < -0.4 is 0 Å². The second-order valence-electron chi connectivity index (χ2n) is 5.29. The Morgan fingerprint density at radius 1 is 1.14 bits per heavy atom. The lowest BCUT2D eigenvalue weighted by atomic mass is 9.96. The van der Waals surface area contributed by atoms with Gasteiger partial charge in [-0.3, -0.25) is 0 Å². The normalized spacial score (nSPS) is 11.9. The van der Waals surface area contributed by atoms with Gasteiger partial charge in [-0.15, -0.1) is 0 Å². The summed E-state index contributed by atoms with van der Waals surface area (Å²) in [5.74, 6) is 0. The Hall–Kier alpha value is -2.61. The molecule has 0 saturated carbocycles. The van der Waals surface area contributed by atoms with Crippen molar-refractivity contribution >= 4 is 17.0 Å². The summed E-state index contributed by atoms with van der Waals surface area (Å²) in [6, 6.07) is 12.6. The first-order valence-corrected chi connectivity index (χ1v) is 7.57. The maximum Gasteiger partial charge on any atom is 0.167 e. The Labute approximate surface area is 130 Å². The number of allylic oxidation sites excluding steroid dienone is 3. The molecule has 0 atom stereocenters. The molecule has 0 unspecified atom stereocenters. The van der Waals surface area contributed by atoms with Crippen LogP contribution in [0.4, 0.5) is 0 Å². The monoisotopic (exact) mass is 289 g/mol. The third-order valence-electron chi connectivity index (χ3n) is 3.80. The van der Waals surface area contributed by atoms with Gasteiger partial charge in [-0.2, -0.15) is 0 Å². The van der Waals surface area contributed by atoms with E-state index in [1.54, 1.807) is 6.20 Å². The minimum absolute atomic E-state index is 0.823. The predicted octanol–water partition coefficient (Wildman–Crippen LogP) is 5.78. The number of aromatic nitrogens is 1. The Bertz CT molecular complexity index is 840. The van der Waals surface area contributed by atoms with Crippen molar-refractivity contribution in [2.24, 2.45) is 0 Å². The van der Waals surface area contributed by atoms with E-state index in [-0.39, 0.29) is 0 Å². The smallest absolute Gasteiger partial charge is 0.167 e. The van der Waals surface area contributed by atoms with Crippen LogP contribution in [0, 0.1) is 6.92 Å². The molecule has 3 aromatic rings. The summed E-state index contributed by atoms with van der Waals surface area (Å²) in [6.45, 7) is 4.29. The predicted molar refractivity (Wildman–Crippen MR) is 92.6 cm³/mol. The van der Waals surface area contributed by atoms with E-state index >= 15 is 0 Å². The van der Waals surface area contributed by atoms with E-state index < -0.39 is 0 Å². The molecule has 2 aromatic carbocycles. The fraction of sp³-hybridized carbons (Fsp3) is 0.150. The van der Waals surface area contributed by atoms with Crippen LogP contribution in [-0.4, -0.2) is 5.16 Å². The van der Waals surface area contributed by atoms with Gasteiger partial charge in [0.1, 0.15) is 0 Å². The van der Waals surface area contributed by atoms with Crippen LogP contribution in [0.15, 0.2) is 65.3 Å². The van der Waals surface area contributed by atoms with E-state index in [4.69, 9.17) is 4.52 Å². The second-order valence-corrected chi connectivity index (χ2v) is 5.29. The van der Waals surface area contributed by atoms with Crippen molar-refractivity contribution in [2.45, 2.75) is 20.3 Å². The van der Waals surface area contributed by atoms with Crippen molar-refractivity contribution < 1.29 is 4.52 Å². The van der Waals surface area contributed by atoms with Crippen molar-refractivity contribution in [1.29, 1.82) is 0 Å². The fourth-order valence-corrected chi connectivity index (χ4v) is 2.55. The molecule has 0 aliphatic heterocycles. The van der Waals surface area contributed by atoms with Crippen LogP contribution in [-0.2, 0) is 0 Å². The molecule has 0 radical (unpaired) electrons. The quantitative estimate of drug-likeness (QED) is 0.569. The van der Waals surface area contributed by atoms with Gasteiger partial charge < -0.3 is 4.52 Å². The first-order chi connectivity index (χ1) is 10.8. The lowest BCUT2D eigenvalue weighted by molar-refractivity contribution is 0.456. The van der Waals surface area contributed by atoms with Crippen molar-refractivity contribution in [3.8, 4) is 11.1 Å². The van der Waals surface area contributed by atoms with E-state index in [9.17, 15) is 0 Å². The number of nitrogens with zero attached hydrogens (tertiary/aromatic N) is 1. The van der Waals surface area contributed by atoms with Crippen LogP contribution in [0.25, 0.3) is 28.2 Å². The van der Waals surface area contributed by atoms with Gasteiger partial charge in [-0.1, -0.05) is 60.6 Å². The highest BCUT2D eigenvalue weighted by atomic mass is 16.5. The molecule has 0 amide bonds. The summed E-state index contributed by atoms with van der Waals surface area (Å²) in [5.41, 5.74) is 5.70. The number of hydrogen-bond donors (Lipinski definition) is 0. The number of rotatable bonds is 4. The van der Waals surface area contributed by atoms with Crippen LogP contribution in [0.5, 0.6) is 0 Å². The Morgan fingerprint density at radius 3 is 2.91 bits per heavy atom. The van der Waals surface area contributed by atoms with Crippen LogP contribution in [0.1, 0.15) is 24.5 Å². The van der Waals surface area contributed by atoms with Crippen molar-refractivity contribution in [2.75, 3.05) is 0 Å². The van der Waals surface area contributed by atoms with Gasteiger partial charge in [-0.25, -0.2) is 0 Å². The molecular weight excluding hydrogens is 270 g/mol. The van der Waals surface area contributed by atoms with E-state index in [0.29, 0.717) is 0 Å². The summed E-state index contributed by atoms with van der Waals surface area (Å²) < 4.78 is 5.27. The highest BCUT2D eigenvalue weighted by Crippen LogP contribution is 2.29. The van der Waals surface area contributed by atoms with E-state index in [0.717, 1.165) is 23.0 Å². The highest BCUT2D eigenvalue weighted by molar-refractivity contribution is 5.83. The molecule has 110 valence electrons. The third-order valence-corrected chi connectivity index (χ3v) is 3.80. The maximum atomic E-state index is 5.27. The van der Waals surface area contributed by atoms with E-state index in [1.165, 1.54) is 16.7 Å². The van der Waals surface area contributed by atoms with Crippen molar-refractivity contribution in [3.63, 3.8) is 0 Å². The largest absolute Gasteiger partial charge is 0.356 e. The zero-order chi connectivity index (χ0) is 15.4. The molecule has 0 bridgehead atoms. The lowest BCUT2D eigenvalue weighted by Gasteiger charge is -2.09. The van der Waals surface area contributed by atoms with Crippen LogP contribution >= 0.6 is 0 Å². The molecule has 0 fully saturated rings. The van der Waals surface area contributed by atoms with Crippen LogP contribution in [0.2, 0.25) is 0 Å². The molecule has 1 heterocycles. The molecule has 0 saturated heterocycles. The van der Waals surface area contributed by atoms with Gasteiger partial charge >= 0.3 is 0 Å². The Morgan fingerprint density at radius 2 is 2.05 bits per heavy atom. The zero-order valence-corrected chi connectivity index (χ0v) is 12.9. The first kappa shape index (κ1) is 14.3. The minimum Gasteiger partial charge on any atom is -0.356 e. The molecule has 1 aromatic heterocycles. The molecular formula is C20H19NO. The van der Waals surface area contributed by atoms with Crippen molar-refractivity contribution in [1.82, 2.24) is 5.16 Å². The minimum atomic E-state index is 0.823. The standard InChI is InChI=1S/C20H19NO/c1-3-4-5-6-8-16-9-7-10-19(15(16)2)17-11-12-18-14-21-22-20(18)13-17/h4-14H,3H2,1-2H3/b5-4+,8-6+. The Kier molecular flexibility index (Phi) is 4.19.